The van der Waals surface area contributed by atoms with E-state index in [0.717, 1.165) is 16.2 Å². The van der Waals surface area contributed by atoms with Crippen LogP contribution >= 0.6 is 27.3 Å². The smallest absolute Gasteiger partial charge is 0.289 e. The molecule has 0 atom stereocenters. The van der Waals surface area contributed by atoms with E-state index in [9.17, 15) is 8.42 Å². The fourth-order valence-corrected chi connectivity index (χ4v) is 4.87. The van der Waals surface area contributed by atoms with Crippen LogP contribution in [0.2, 0.25) is 0 Å². The van der Waals surface area contributed by atoms with Crippen LogP contribution in [0.1, 0.15) is 10.4 Å². The molecule has 2 heterocycles. The first-order valence-corrected chi connectivity index (χ1v) is 9.17. The van der Waals surface area contributed by atoms with E-state index in [1.807, 2.05) is 0 Å². The molecule has 0 spiro atoms. The van der Waals surface area contributed by atoms with Crippen LogP contribution < -0.4 is 4.72 Å². The average molecular weight is 397 g/mol. The number of aryl methyl sites for hydroxylation is 1. The molecule has 112 valence electrons. The Labute approximate surface area is 139 Å². The Morgan fingerprint density at radius 2 is 2.23 bits per heavy atom. The topological polar surface area (TPSA) is 98.6 Å². The molecule has 6 nitrogen and oxygen atoms in total. The molecule has 0 amide bonds. The Morgan fingerprint density at radius 3 is 2.86 bits per heavy atom. The molecule has 22 heavy (non-hydrogen) atoms. The summed E-state index contributed by atoms with van der Waals surface area (Å²) in [6, 6.07) is 7.14. The standard InChI is InChI=1S/C13H9BrN4O2S2/c1-7-12(14)17-13(21-7)22(19,20)18-10-4-2-3-9-8(5-15)6-16-11(9)10/h2-4,6,16,18H,1H3. The maximum atomic E-state index is 12.4. The summed E-state index contributed by atoms with van der Waals surface area (Å²) in [7, 11) is -3.78. The number of hydrogen-bond donors (Lipinski definition) is 2. The lowest BCUT2D eigenvalue weighted by atomic mass is 10.2. The molecule has 2 N–H and O–H groups in total. The first kappa shape index (κ1) is 15.0. The van der Waals surface area contributed by atoms with Gasteiger partial charge in [-0.15, -0.1) is 11.3 Å². The van der Waals surface area contributed by atoms with Crippen molar-refractivity contribution < 1.29 is 8.42 Å². The van der Waals surface area contributed by atoms with E-state index in [1.54, 1.807) is 31.3 Å². The molecular weight excluding hydrogens is 388 g/mol. The summed E-state index contributed by atoms with van der Waals surface area (Å²) in [5.74, 6) is 0. The van der Waals surface area contributed by atoms with Crippen LogP contribution in [0.25, 0.3) is 10.9 Å². The molecule has 1 aromatic carbocycles. The van der Waals surface area contributed by atoms with Crippen molar-refractivity contribution in [1.29, 1.82) is 5.26 Å². The van der Waals surface area contributed by atoms with Crippen LogP contribution in [-0.2, 0) is 10.0 Å². The van der Waals surface area contributed by atoms with Crippen molar-refractivity contribution >= 4 is 53.9 Å². The van der Waals surface area contributed by atoms with Gasteiger partial charge in [-0.05, 0) is 28.9 Å². The zero-order valence-electron chi connectivity index (χ0n) is 11.2. The molecule has 3 aromatic rings. The van der Waals surface area contributed by atoms with Crippen LogP contribution in [0.4, 0.5) is 5.69 Å². The lowest BCUT2D eigenvalue weighted by Crippen LogP contribution is -2.12. The molecular formula is C13H9BrN4O2S2. The molecule has 9 heteroatoms. The molecule has 2 aromatic heterocycles. The van der Waals surface area contributed by atoms with E-state index in [1.165, 1.54) is 0 Å². The highest BCUT2D eigenvalue weighted by Crippen LogP contribution is 2.30. The number of para-hydroxylation sites is 1. The van der Waals surface area contributed by atoms with Crippen molar-refractivity contribution in [3.8, 4) is 6.07 Å². The van der Waals surface area contributed by atoms with Gasteiger partial charge in [-0.2, -0.15) is 13.7 Å². The number of H-pyrrole nitrogens is 1. The fourth-order valence-electron chi connectivity index (χ4n) is 1.99. The molecule has 0 radical (unpaired) electrons. The number of halogens is 1. The molecule has 0 unspecified atom stereocenters. The van der Waals surface area contributed by atoms with E-state index in [0.29, 0.717) is 26.8 Å². The van der Waals surface area contributed by atoms with Crippen LogP contribution in [-0.4, -0.2) is 18.4 Å². The Morgan fingerprint density at radius 1 is 1.45 bits per heavy atom. The lowest BCUT2D eigenvalue weighted by molar-refractivity contribution is 0.600. The first-order chi connectivity index (χ1) is 10.4. The van der Waals surface area contributed by atoms with Crippen molar-refractivity contribution in [2.45, 2.75) is 11.3 Å². The Kier molecular flexibility index (Phi) is 3.68. The number of aromatic nitrogens is 2. The van der Waals surface area contributed by atoms with Gasteiger partial charge in [0.15, 0.2) is 0 Å². The van der Waals surface area contributed by atoms with E-state index in [-0.39, 0.29) is 4.34 Å². The summed E-state index contributed by atoms with van der Waals surface area (Å²) in [6.45, 7) is 1.78. The minimum absolute atomic E-state index is 0.0130. The van der Waals surface area contributed by atoms with E-state index >= 15 is 0 Å². The number of rotatable bonds is 3. The number of thiazole rings is 1. The minimum Gasteiger partial charge on any atom is -0.358 e. The van der Waals surface area contributed by atoms with Crippen molar-refractivity contribution in [3.63, 3.8) is 0 Å². The zero-order chi connectivity index (χ0) is 15.9. The summed E-state index contributed by atoms with van der Waals surface area (Å²) in [5.41, 5.74) is 1.40. The van der Waals surface area contributed by atoms with Gasteiger partial charge in [0, 0.05) is 16.5 Å². The highest BCUT2D eigenvalue weighted by molar-refractivity contribution is 9.10. The summed E-state index contributed by atoms with van der Waals surface area (Å²) in [4.78, 5) is 7.71. The van der Waals surface area contributed by atoms with E-state index in [4.69, 9.17) is 5.26 Å². The normalized spacial score (nSPS) is 11.5. The molecule has 0 fully saturated rings. The molecule has 0 saturated carbocycles. The number of anilines is 1. The number of nitrogens with zero attached hydrogens (tertiary/aromatic N) is 2. The Hall–Kier alpha value is -1.89. The molecule has 0 saturated heterocycles. The van der Waals surface area contributed by atoms with Crippen molar-refractivity contribution in [2.75, 3.05) is 4.72 Å². The van der Waals surface area contributed by atoms with Crippen molar-refractivity contribution in [1.82, 2.24) is 9.97 Å². The van der Waals surface area contributed by atoms with Gasteiger partial charge in [0.25, 0.3) is 10.0 Å². The second-order valence-electron chi connectivity index (χ2n) is 4.47. The number of hydrogen-bond acceptors (Lipinski definition) is 5. The number of nitrogens with one attached hydrogen (secondary N) is 2. The van der Waals surface area contributed by atoms with Gasteiger partial charge < -0.3 is 4.98 Å². The van der Waals surface area contributed by atoms with E-state index < -0.39 is 10.0 Å². The minimum atomic E-state index is -3.78. The van der Waals surface area contributed by atoms with Crippen LogP contribution in [0.3, 0.4) is 0 Å². The SMILES string of the molecule is Cc1sc(S(=O)(=O)Nc2cccc3c(C#N)c[nH]c23)nc1Br. The largest absolute Gasteiger partial charge is 0.358 e. The number of fused-ring (bicyclic) bond motifs is 1. The van der Waals surface area contributed by atoms with E-state index in [2.05, 4.69) is 36.7 Å². The highest BCUT2D eigenvalue weighted by atomic mass is 79.9. The third-order valence-electron chi connectivity index (χ3n) is 3.03. The van der Waals surface area contributed by atoms with Crippen molar-refractivity contribution in [3.05, 3.63) is 39.4 Å². The highest BCUT2D eigenvalue weighted by Gasteiger charge is 2.21. The molecule has 0 aliphatic heterocycles. The number of aromatic amines is 1. The monoisotopic (exact) mass is 396 g/mol. The second-order valence-corrected chi connectivity index (χ2v) is 8.29. The fraction of sp³-hybridized carbons (Fsp3) is 0.0769. The van der Waals surface area contributed by atoms with Crippen LogP contribution in [0.15, 0.2) is 33.3 Å². The third kappa shape index (κ3) is 2.49. The number of nitriles is 1. The molecule has 0 bridgehead atoms. The molecule has 0 aliphatic rings. The van der Waals surface area contributed by atoms with Gasteiger partial charge in [-0.3, -0.25) is 4.72 Å². The van der Waals surface area contributed by atoms with Gasteiger partial charge in [0.05, 0.1) is 16.8 Å². The van der Waals surface area contributed by atoms with Crippen LogP contribution in [0, 0.1) is 18.3 Å². The second kappa shape index (κ2) is 5.39. The molecule has 0 aliphatic carbocycles. The predicted octanol–water partition coefficient (Wildman–Crippen LogP) is 3.37. The number of sulfonamides is 1. The molecule has 3 rings (SSSR count). The summed E-state index contributed by atoms with van der Waals surface area (Å²) in [5, 5.41) is 9.70. The first-order valence-electron chi connectivity index (χ1n) is 6.08. The summed E-state index contributed by atoms with van der Waals surface area (Å²) < 4.78 is 27.9. The Bertz CT molecular complexity index is 995. The quantitative estimate of drug-likeness (QED) is 0.708. The van der Waals surface area contributed by atoms with Gasteiger partial charge >= 0.3 is 0 Å². The van der Waals surface area contributed by atoms with Gasteiger partial charge in [0.2, 0.25) is 4.34 Å². The van der Waals surface area contributed by atoms with Crippen molar-refractivity contribution in [2.24, 2.45) is 0 Å². The maximum absolute atomic E-state index is 12.4. The third-order valence-corrected chi connectivity index (χ3v) is 6.78. The van der Waals surface area contributed by atoms with Gasteiger partial charge in [-0.25, -0.2) is 4.98 Å². The number of benzene rings is 1. The van der Waals surface area contributed by atoms with Gasteiger partial charge in [-0.1, -0.05) is 12.1 Å². The maximum Gasteiger partial charge on any atom is 0.289 e. The predicted molar refractivity (Wildman–Crippen MR) is 88.4 cm³/mol. The lowest BCUT2D eigenvalue weighted by Gasteiger charge is -2.06. The summed E-state index contributed by atoms with van der Waals surface area (Å²) in [6.07, 6.45) is 1.55. The zero-order valence-corrected chi connectivity index (χ0v) is 14.4. The summed E-state index contributed by atoms with van der Waals surface area (Å²) >= 11 is 4.30. The Balaban J connectivity index is 2.06. The van der Waals surface area contributed by atoms with Crippen LogP contribution in [0.5, 0.6) is 0 Å². The van der Waals surface area contributed by atoms with Gasteiger partial charge in [0.1, 0.15) is 10.7 Å². The average Bonchev–Trinajstić information content (AvgIpc) is 3.04.